The minimum absolute atomic E-state index is 0.0165. The second-order valence-corrected chi connectivity index (χ2v) is 10.3. The van der Waals surface area contributed by atoms with Crippen LogP contribution in [0, 0.1) is 11.3 Å². The first-order chi connectivity index (χ1) is 15.5. The smallest absolute Gasteiger partial charge is 0.263 e. The van der Waals surface area contributed by atoms with Crippen LogP contribution in [0.5, 0.6) is 0 Å². The maximum atomic E-state index is 13.4. The SMILES string of the molecule is CCCn1c(SC(C)C(=O)N(CCC#N)c2ccccc2)nc2sc3c(c2c1=O)CCC3. The second-order valence-electron chi connectivity index (χ2n) is 7.88. The summed E-state index contributed by atoms with van der Waals surface area (Å²) < 4.78 is 1.74. The van der Waals surface area contributed by atoms with Crippen LogP contribution in [0.25, 0.3) is 10.2 Å². The first-order valence-corrected chi connectivity index (χ1v) is 12.7. The van der Waals surface area contributed by atoms with E-state index in [1.807, 2.05) is 44.2 Å². The van der Waals surface area contributed by atoms with Crippen LogP contribution in [0.4, 0.5) is 5.69 Å². The Morgan fingerprint density at radius 3 is 2.84 bits per heavy atom. The van der Waals surface area contributed by atoms with Gasteiger partial charge < -0.3 is 4.90 Å². The lowest BCUT2D eigenvalue weighted by Gasteiger charge is -2.25. The lowest BCUT2D eigenvalue weighted by atomic mass is 10.2. The Hall–Kier alpha value is -2.63. The molecule has 4 rings (SSSR count). The number of fused-ring (bicyclic) bond motifs is 3. The van der Waals surface area contributed by atoms with Crippen molar-refractivity contribution in [1.82, 2.24) is 9.55 Å². The Bertz CT molecular complexity index is 1230. The zero-order valence-corrected chi connectivity index (χ0v) is 20.0. The number of thioether (sulfide) groups is 1. The van der Waals surface area contributed by atoms with E-state index < -0.39 is 5.25 Å². The highest BCUT2D eigenvalue weighted by molar-refractivity contribution is 8.00. The summed E-state index contributed by atoms with van der Waals surface area (Å²) >= 11 is 2.95. The first-order valence-electron chi connectivity index (χ1n) is 11.0. The molecule has 2 heterocycles. The highest BCUT2D eigenvalue weighted by Gasteiger charge is 2.27. The number of rotatable bonds is 8. The number of para-hydroxylation sites is 1. The standard InChI is InChI=1S/C24H26N4O2S2/c1-3-14-28-23(30)20-18-11-7-12-19(18)32-21(20)26-24(28)31-16(2)22(29)27(15-8-13-25)17-9-5-4-6-10-17/h4-6,9-10,16H,3,7-8,11-12,14-15H2,1-2H3. The molecule has 3 aromatic rings. The highest BCUT2D eigenvalue weighted by Crippen LogP contribution is 2.36. The highest BCUT2D eigenvalue weighted by atomic mass is 32.2. The Kier molecular flexibility index (Phi) is 6.97. The van der Waals surface area contributed by atoms with E-state index in [1.165, 1.54) is 22.2 Å². The van der Waals surface area contributed by atoms with Crippen LogP contribution >= 0.6 is 23.1 Å². The van der Waals surface area contributed by atoms with Crippen molar-refractivity contribution in [2.24, 2.45) is 0 Å². The number of amides is 1. The van der Waals surface area contributed by atoms with Crippen LogP contribution in [0.15, 0.2) is 40.3 Å². The third kappa shape index (κ3) is 4.32. The molecule has 0 bridgehead atoms. The number of nitrogens with zero attached hydrogens (tertiary/aromatic N) is 4. The maximum absolute atomic E-state index is 13.4. The molecule has 1 unspecified atom stereocenters. The number of hydrogen-bond acceptors (Lipinski definition) is 6. The molecule has 0 spiro atoms. The summed E-state index contributed by atoms with van der Waals surface area (Å²) in [6.45, 7) is 4.79. The summed E-state index contributed by atoms with van der Waals surface area (Å²) in [7, 11) is 0. The van der Waals surface area contributed by atoms with Crippen molar-refractivity contribution >= 4 is 44.9 Å². The van der Waals surface area contributed by atoms with Gasteiger partial charge in [-0.2, -0.15) is 5.26 Å². The minimum atomic E-state index is -0.451. The van der Waals surface area contributed by atoms with Crippen molar-refractivity contribution in [2.45, 2.75) is 62.9 Å². The van der Waals surface area contributed by atoms with Gasteiger partial charge in [0.05, 0.1) is 23.1 Å². The van der Waals surface area contributed by atoms with Gasteiger partial charge in [-0.1, -0.05) is 36.9 Å². The van der Waals surface area contributed by atoms with Gasteiger partial charge in [0.25, 0.3) is 5.56 Å². The van der Waals surface area contributed by atoms with Crippen molar-refractivity contribution in [2.75, 3.05) is 11.4 Å². The fraction of sp³-hybridized carbons (Fsp3) is 0.417. The molecule has 166 valence electrons. The number of carbonyl (C=O) groups excluding carboxylic acids is 1. The van der Waals surface area contributed by atoms with Crippen LogP contribution < -0.4 is 10.5 Å². The summed E-state index contributed by atoms with van der Waals surface area (Å²) in [5.74, 6) is -0.0949. The molecule has 8 heteroatoms. The molecule has 2 aromatic heterocycles. The molecule has 0 aliphatic heterocycles. The number of hydrogen-bond donors (Lipinski definition) is 0. The molecule has 0 N–H and O–H groups in total. The molecule has 0 saturated carbocycles. The monoisotopic (exact) mass is 466 g/mol. The van der Waals surface area contributed by atoms with Crippen LogP contribution in [0.2, 0.25) is 0 Å². The van der Waals surface area contributed by atoms with E-state index in [1.54, 1.807) is 20.8 Å². The van der Waals surface area contributed by atoms with Crippen LogP contribution in [0.1, 0.15) is 43.6 Å². The zero-order chi connectivity index (χ0) is 22.7. The van der Waals surface area contributed by atoms with E-state index >= 15 is 0 Å². The van der Waals surface area contributed by atoms with Gasteiger partial charge in [-0.3, -0.25) is 14.2 Å². The third-order valence-corrected chi connectivity index (χ3v) is 7.91. The van der Waals surface area contributed by atoms with Gasteiger partial charge in [-0.25, -0.2) is 4.98 Å². The molecule has 0 fully saturated rings. The van der Waals surface area contributed by atoms with Crippen LogP contribution in [-0.2, 0) is 24.2 Å². The average molecular weight is 467 g/mol. The molecule has 1 aliphatic carbocycles. The summed E-state index contributed by atoms with van der Waals surface area (Å²) in [4.78, 5) is 35.3. The van der Waals surface area contributed by atoms with Crippen molar-refractivity contribution in [3.05, 3.63) is 51.1 Å². The molecule has 1 amide bonds. The average Bonchev–Trinajstić information content (AvgIpc) is 3.38. The Morgan fingerprint density at radius 2 is 2.12 bits per heavy atom. The normalized spacial score (nSPS) is 13.7. The topological polar surface area (TPSA) is 79.0 Å². The fourth-order valence-corrected chi connectivity index (χ4v) is 6.43. The van der Waals surface area contributed by atoms with Crippen molar-refractivity contribution in [3.63, 3.8) is 0 Å². The summed E-state index contributed by atoms with van der Waals surface area (Å²) in [6, 6.07) is 11.5. The molecule has 0 radical (unpaired) electrons. The van der Waals surface area contributed by atoms with Gasteiger partial charge in [-0.05, 0) is 50.3 Å². The van der Waals surface area contributed by atoms with Gasteiger partial charge in [0.2, 0.25) is 5.91 Å². The van der Waals surface area contributed by atoms with Gasteiger partial charge in [0.15, 0.2) is 5.16 Å². The lowest BCUT2D eigenvalue weighted by Crippen LogP contribution is -2.37. The van der Waals surface area contributed by atoms with Crippen molar-refractivity contribution in [1.29, 1.82) is 5.26 Å². The molecule has 0 saturated heterocycles. The number of aromatic nitrogens is 2. The lowest BCUT2D eigenvalue weighted by molar-refractivity contribution is -0.117. The molecule has 32 heavy (non-hydrogen) atoms. The van der Waals surface area contributed by atoms with E-state index in [0.717, 1.165) is 41.6 Å². The number of thiophene rings is 1. The Morgan fingerprint density at radius 1 is 1.34 bits per heavy atom. The number of aryl methyl sites for hydroxylation is 2. The maximum Gasteiger partial charge on any atom is 0.263 e. The summed E-state index contributed by atoms with van der Waals surface area (Å²) in [6.07, 6.45) is 4.14. The molecule has 1 aliphatic rings. The summed E-state index contributed by atoms with van der Waals surface area (Å²) in [5, 5.41) is 9.98. The third-order valence-electron chi connectivity index (χ3n) is 5.65. The van der Waals surface area contributed by atoms with Gasteiger partial charge in [0, 0.05) is 23.7 Å². The molecule has 1 aromatic carbocycles. The van der Waals surface area contributed by atoms with Gasteiger partial charge in [-0.15, -0.1) is 11.3 Å². The van der Waals surface area contributed by atoms with E-state index in [9.17, 15) is 9.59 Å². The number of benzene rings is 1. The predicted molar refractivity (Wildman–Crippen MR) is 131 cm³/mol. The summed E-state index contributed by atoms with van der Waals surface area (Å²) in [5.41, 5.74) is 1.96. The minimum Gasteiger partial charge on any atom is -0.310 e. The van der Waals surface area contributed by atoms with Crippen LogP contribution in [0.3, 0.4) is 0 Å². The van der Waals surface area contributed by atoms with Gasteiger partial charge in [0.1, 0.15) is 4.83 Å². The molecule has 1 atom stereocenters. The van der Waals surface area contributed by atoms with E-state index in [2.05, 4.69) is 6.07 Å². The second kappa shape index (κ2) is 9.88. The van der Waals surface area contributed by atoms with Gasteiger partial charge >= 0.3 is 0 Å². The fourth-order valence-electron chi connectivity index (χ4n) is 4.13. The molecule has 6 nitrogen and oxygen atoms in total. The van der Waals surface area contributed by atoms with E-state index in [0.29, 0.717) is 18.2 Å². The predicted octanol–water partition coefficient (Wildman–Crippen LogP) is 4.78. The number of nitriles is 1. The Labute approximate surface area is 195 Å². The number of anilines is 1. The van der Waals surface area contributed by atoms with E-state index in [-0.39, 0.29) is 17.9 Å². The zero-order valence-electron chi connectivity index (χ0n) is 18.3. The van der Waals surface area contributed by atoms with E-state index in [4.69, 9.17) is 10.2 Å². The van der Waals surface area contributed by atoms with Crippen molar-refractivity contribution in [3.8, 4) is 6.07 Å². The largest absolute Gasteiger partial charge is 0.310 e. The molecular formula is C24H26N4O2S2. The quantitative estimate of drug-likeness (QED) is 0.352. The van der Waals surface area contributed by atoms with Crippen LogP contribution in [-0.4, -0.2) is 27.3 Å². The van der Waals surface area contributed by atoms with Crippen molar-refractivity contribution < 1.29 is 4.79 Å². The first kappa shape index (κ1) is 22.6. The Balaban J connectivity index is 1.67. The number of carbonyl (C=O) groups is 1. The molecular weight excluding hydrogens is 440 g/mol.